The number of anilines is 2. The zero-order valence-corrected chi connectivity index (χ0v) is 21.9. The van der Waals surface area contributed by atoms with Crippen LogP contribution in [-0.4, -0.2) is 49.6 Å². The molecule has 0 saturated heterocycles. The highest BCUT2D eigenvalue weighted by molar-refractivity contribution is 7.89. The van der Waals surface area contributed by atoms with Gasteiger partial charge in [-0.15, -0.1) is 0 Å². The fourth-order valence-electron chi connectivity index (χ4n) is 4.06. The van der Waals surface area contributed by atoms with Crippen LogP contribution >= 0.6 is 11.3 Å². The zero-order valence-electron chi connectivity index (χ0n) is 20.3. The first-order chi connectivity index (χ1) is 16.8. The summed E-state index contributed by atoms with van der Waals surface area (Å²) >= 11 is 0.920. The van der Waals surface area contributed by atoms with Gasteiger partial charge in [0.25, 0.3) is 0 Å². The summed E-state index contributed by atoms with van der Waals surface area (Å²) in [6.07, 6.45) is 2.42. The van der Waals surface area contributed by atoms with E-state index in [1.807, 2.05) is 0 Å². The first-order valence-electron chi connectivity index (χ1n) is 11.4. The molecule has 1 saturated carbocycles. The molecule has 1 heterocycles. The van der Waals surface area contributed by atoms with E-state index in [9.17, 15) is 26.8 Å². The highest BCUT2D eigenvalue weighted by atomic mass is 32.2. The molecule has 198 valence electrons. The summed E-state index contributed by atoms with van der Waals surface area (Å²) in [6, 6.07) is 2.90. The van der Waals surface area contributed by atoms with Gasteiger partial charge in [0.1, 0.15) is 22.3 Å². The van der Waals surface area contributed by atoms with Crippen molar-refractivity contribution in [3.05, 3.63) is 40.3 Å². The van der Waals surface area contributed by atoms with Crippen LogP contribution < -0.4 is 15.8 Å². The molecule has 0 unspecified atom stereocenters. The van der Waals surface area contributed by atoms with Gasteiger partial charge in [0.2, 0.25) is 15.8 Å². The number of aromatic nitrogens is 1. The van der Waals surface area contributed by atoms with Gasteiger partial charge in [-0.25, -0.2) is 26.9 Å². The number of benzene rings is 1. The average Bonchev–Trinajstić information content (AvgIpc) is 3.12. The summed E-state index contributed by atoms with van der Waals surface area (Å²) in [4.78, 5) is 27.8. The van der Waals surface area contributed by atoms with Gasteiger partial charge in [0.15, 0.2) is 5.13 Å². The zero-order chi connectivity index (χ0) is 26.7. The number of nitrogens with one attached hydrogen (secondary N) is 2. The average molecular weight is 545 g/mol. The van der Waals surface area contributed by atoms with Crippen LogP contribution in [0, 0.1) is 17.0 Å². The lowest BCUT2D eigenvalue weighted by Crippen LogP contribution is -2.44. The van der Waals surface area contributed by atoms with Crippen LogP contribution in [0.4, 0.5) is 19.7 Å². The molecule has 1 aliphatic carbocycles. The third-order valence-corrected chi connectivity index (χ3v) is 8.55. The second-order valence-electron chi connectivity index (χ2n) is 9.67. The summed E-state index contributed by atoms with van der Waals surface area (Å²) in [6.45, 7) is 4.71. The number of hydrogen-bond acceptors (Lipinski definition) is 9. The molecule has 1 aromatic carbocycles. The minimum atomic E-state index is -3.60. The second kappa shape index (κ2) is 11.2. The van der Waals surface area contributed by atoms with Gasteiger partial charge in [-0.2, -0.15) is 0 Å². The Morgan fingerprint density at radius 3 is 2.33 bits per heavy atom. The van der Waals surface area contributed by atoms with Gasteiger partial charge in [0.05, 0.1) is 17.9 Å². The molecule has 3 rings (SSSR count). The van der Waals surface area contributed by atoms with E-state index in [4.69, 9.17) is 10.5 Å². The quantitative estimate of drug-likeness (QED) is 0.305. The van der Waals surface area contributed by atoms with Crippen LogP contribution in [0.5, 0.6) is 0 Å². The lowest BCUT2D eigenvalue weighted by Gasteiger charge is -2.31. The largest absolute Gasteiger partial charge is 0.465 e. The molecular weight excluding hydrogens is 514 g/mol. The summed E-state index contributed by atoms with van der Waals surface area (Å²) in [5.41, 5.74) is 4.44. The number of sulfonamides is 1. The SMILES string of the molecule is CC(=O)OCC(C)(C)CS(=O)(=O)N[C@H]1CC[C@H](Nc2nc(N)c(C(=O)c3c(F)cccc3F)s2)CC1. The molecule has 0 atom stereocenters. The normalized spacial score (nSPS) is 18.6. The number of rotatable bonds is 10. The Morgan fingerprint density at radius 1 is 1.17 bits per heavy atom. The van der Waals surface area contributed by atoms with Crippen molar-refractivity contribution in [3.8, 4) is 0 Å². The van der Waals surface area contributed by atoms with Crippen molar-refractivity contribution in [2.75, 3.05) is 23.4 Å². The molecule has 0 aliphatic heterocycles. The lowest BCUT2D eigenvalue weighted by atomic mass is 9.92. The Morgan fingerprint density at radius 2 is 1.75 bits per heavy atom. The molecule has 4 N–H and O–H groups in total. The Hall–Kier alpha value is -2.64. The minimum Gasteiger partial charge on any atom is -0.465 e. The van der Waals surface area contributed by atoms with Crippen LogP contribution in [0.2, 0.25) is 0 Å². The number of carbonyl (C=O) groups is 2. The molecule has 1 aromatic heterocycles. The number of thiazole rings is 1. The predicted molar refractivity (Wildman–Crippen MR) is 133 cm³/mol. The lowest BCUT2D eigenvalue weighted by molar-refractivity contribution is -0.143. The van der Waals surface area contributed by atoms with Gasteiger partial charge < -0.3 is 15.8 Å². The summed E-state index contributed by atoms with van der Waals surface area (Å²) < 4.78 is 61.0. The highest BCUT2D eigenvalue weighted by Crippen LogP contribution is 2.31. The maximum absolute atomic E-state index is 14.0. The maximum Gasteiger partial charge on any atom is 0.302 e. The fraction of sp³-hybridized carbons (Fsp3) is 0.522. The number of hydrogen-bond donors (Lipinski definition) is 3. The molecule has 13 heteroatoms. The number of esters is 1. The number of nitrogens with zero attached hydrogens (tertiary/aromatic N) is 1. The van der Waals surface area contributed by atoms with Crippen molar-refractivity contribution in [2.45, 2.75) is 58.5 Å². The van der Waals surface area contributed by atoms with Crippen molar-refractivity contribution in [3.63, 3.8) is 0 Å². The Labute approximate surface area is 212 Å². The minimum absolute atomic E-state index is 0.00486. The van der Waals surface area contributed by atoms with E-state index in [1.165, 1.54) is 13.0 Å². The van der Waals surface area contributed by atoms with Gasteiger partial charge in [-0.05, 0) is 37.8 Å². The first kappa shape index (κ1) is 27.9. The standard InChI is InChI=1S/C23H30F2N4O5S2/c1-13(30)34-11-23(2,3)12-36(32,33)29-15-9-7-14(8-10-15)27-22-28-21(26)20(35-22)19(31)18-16(24)5-4-6-17(18)25/h4-6,14-15,29H,7-12,26H2,1-3H3,(H,27,28)/t14-,15-. The maximum atomic E-state index is 14.0. The number of ketones is 1. The monoisotopic (exact) mass is 544 g/mol. The third-order valence-electron chi connectivity index (χ3n) is 5.70. The molecule has 0 spiro atoms. The van der Waals surface area contributed by atoms with Gasteiger partial charge in [-0.3, -0.25) is 9.59 Å². The van der Waals surface area contributed by atoms with Crippen LogP contribution in [0.3, 0.4) is 0 Å². The number of halogens is 2. The molecule has 9 nitrogen and oxygen atoms in total. The Balaban J connectivity index is 1.55. The number of nitrogens with two attached hydrogens (primary N) is 1. The smallest absolute Gasteiger partial charge is 0.302 e. The fourth-order valence-corrected chi connectivity index (χ4v) is 6.91. The molecule has 36 heavy (non-hydrogen) atoms. The molecule has 0 amide bonds. The topological polar surface area (TPSA) is 140 Å². The van der Waals surface area contributed by atoms with Crippen molar-refractivity contribution >= 4 is 44.1 Å². The Kier molecular flexibility index (Phi) is 8.67. The van der Waals surface area contributed by atoms with E-state index in [0.29, 0.717) is 30.8 Å². The molecular formula is C23H30F2N4O5S2. The molecule has 0 radical (unpaired) electrons. The first-order valence-corrected chi connectivity index (χ1v) is 13.9. The highest BCUT2D eigenvalue weighted by Gasteiger charge is 2.31. The van der Waals surface area contributed by atoms with Crippen molar-refractivity contribution in [2.24, 2.45) is 5.41 Å². The van der Waals surface area contributed by atoms with Gasteiger partial charge in [-0.1, -0.05) is 31.3 Å². The van der Waals surface area contributed by atoms with Crippen molar-refractivity contribution in [1.82, 2.24) is 9.71 Å². The summed E-state index contributed by atoms with van der Waals surface area (Å²) in [5.74, 6) is -3.58. The number of nitrogen functional groups attached to an aromatic ring is 1. The van der Waals surface area contributed by atoms with E-state index in [2.05, 4.69) is 15.0 Å². The predicted octanol–water partition coefficient (Wildman–Crippen LogP) is 3.47. The van der Waals surface area contributed by atoms with E-state index in [1.54, 1.807) is 13.8 Å². The number of ether oxygens (including phenoxy) is 1. The van der Waals surface area contributed by atoms with E-state index in [0.717, 1.165) is 23.5 Å². The Bertz CT molecular complexity index is 1200. The third kappa shape index (κ3) is 7.43. The number of carbonyl (C=O) groups excluding carboxylic acids is 2. The van der Waals surface area contributed by atoms with Crippen LogP contribution in [0.1, 0.15) is 61.7 Å². The molecule has 0 bridgehead atoms. The van der Waals surface area contributed by atoms with Crippen molar-refractivity contribution in [1.29, 1.82) is 0 Å². The van der Waals surface area contributed by atoms with Gasteiger partial charge >= 0.3 is 5.97 Å². The van der Waals surface area contributed by atoms with Crippen molar-refractivity contribution < 1.29 is 31.5 Å². The van der Waals surface area contributed by atoms with Crippen LogP contribution in [0.15, 0.2) is 18.2 Å². The summed E-state index contributed by atoms with van der Waals surface area (Å²) in [7, 11) is -3.60. The van der Waals surface area contributed by atoms with E-state index >= 15 is 0 Å². The van der Waals surface area contributed by atoms with E-state index < -0.39 is 44.4 Å². The van der Waals surface area contributed by atoms with Crippen LogP contribution in [0.25, 0.3) is 0 Å². The van der Waals surface area contributed by atoms with Gasteiger partial charge in [0, 0.05) is 24.4 Å². The second-order valence-corrected chi connectivity index (χ2v) is 12.4. The van der Waals surface area contributed by atoms with Crippen LogP contribution in [-0.2, 0) is 19.6 Å². The van der Waals surface area contributed by atoms with E-state index in [-0.39, 0.29) is 35.1 Å². The molecule has 1 aliphatic rings. The molecule has 2 aromatic rings. The molecule has 1 fully saturated rings. The summed E-state index contributed by atoms with van der Waals surface area (Å²) in [5, 5.41) is 3.54.